The van der Waals surface area contributed by atoms with Crippen LogP contribution in [0.3, 0.4) is 0 Å². The van der Waals surface area contributed by atoms with Crippen molar-refractivity contribution in [2.24, 2.45) is 0 Å². The molecule has 2 aromatic rings. The van der Waals surface area contributed by atoms with Crippen LogP contribution in [0.5, 0.6) is 5.75 Å². The first-order valence-corrected chi connectivity index (χ1v) is 8.17. The lowest BCUT2D eigenvalue weighted by atomic mass is 10.1. The molecule has 2 rings (SSSR count). The van der Waals surface area contributed by atoms with Crippen molar-refractivity contribution in [1.29, 1.82) is 0 Å². The molecule has 1 atom stereocenters. The number of rotatable bonds is 5. The fourth-order valence-corrected chi connectivity index (χ4v) is 2.64. The van der Waals surface area contributed by atoms with Crippen LogP contribution in [0.1, 0.15) is 24.5 Å². The van der Waals surface area contributed by atoms with Crippen molar-refractivity contribution in [3.8, 4) is 5.75 Å². The van der Waals surface area contributed by atoms with E-state index in [1.54, 1.807) is 18.2 Å². The molecule has 0 spiro atoms. The second kappa shape index (κ2) is 7.71. The SMILES string of the molecule is CC[C@@H](Oc1cccc(C)c1C)C(=O)Nc1c(Cl)cccc1Cl. The number of aryl methyl sites for hydroxylation is 1. The number of hydrogen-bond acceptors (Lipinski definition) is 2. The zero-order valence-corrected chi connectivity index (χ0v) is 14.8. The average molecular weight is 352 g/mol. The number of nitrogens with one attached hydrogen (secondary N) is 1. The Morgan fingerprint density at radius 3 is 2.35 bits per heavy atom. The normalized spacial score (nSPS) is 11.9. The topological polar surface area (TPSA) is 38.3 Å². The number of halogens is 2. The smallest absolute Gasteiger partial charge is 0.265 e. The summed E-state index contributed by atoms with van der Waals surface area (Å²) in [5.41, 5.74) is 2.55. The molecule has 23 heavy (non-hydrogen) atoms. The van der Waals surface area contributed by atoms with Gasteiger partial charge in [-0.1, -0.05) is 48.3 Å². The summed E-state index contributed by atoms with van der Waals surface area (Å²) in [6, 6.07) is 10.9. The molecular weight excluding hydrogens is 333 g/mol. The zero-order valence-electron chi connectivity index (χ0n) is 13.3. The second-order valence-electron chi connectivity index (χ2n) is 5.30. The standard InChI is InChI=1S/C18H19Cl2NO2/c1-4-15(23-16-10-5-7-11(2)12(16)3)18(22)21-17-13(19)8-6-9-14(17)20/h5-10,15H,4H2,1-3H3,(H,21,22)/t15-/m1/s1. The summed E-state index contributed by atoms with van der Waals surface area (Å²) in [5, 5.41) is 3.55. The molecule has 0 saturated carbocycles. The van der Waals surface area contributed by atoms with Crippen molar-refractivity contribution in [2.75, 3.05) is 5.32 Å². The fourth-order valence-electron chi connectivity index (χ4n) is 2.15. The van der Waals surface area contributed by atoms with Crippen LogP contribution in [0.25, 0.3) is 0 Å². The highest BCUT2D eigenvalue weighted by Gasteiger charge is 2.21. The van der Waals surface area contributed by atoms with E-state index in [0.717, 1.165) is 11.1 Å². The maximum atomic E-state index is 12.5. The monoisotopic (exact) mass is 351 g/mol. The van der Waals surface area contributed by atoms with E-state index in [0.29, 0.717) is 27.9 Å². The van der Waals surface area contributed by atoms with Crippen molar-refractivity contribution in [1.82, 2.24) is 0 Å². The Morgan fingerprint density at radius 1 is 1.13 bits per heavy atom. The van der Waals surface area contributed by atoms with Crippen LogP contribution >= 0.6 is 23.2 Å². The Hall–Kier alpha value is -1.71. The van der Waals surface area contributed by atoms with E-state index < -0.39 is 6.10 Å². The minimum absolute atomic E-state index is 0.275. The number of hydrogen-bond donors (Lipinski definition) is 1. The molecule has 0 radical (unpaired) electrons. The number of ether oxygens (including phenoxy) is 1. The zero-order chi connectivity index (χ0) is 17.0. The molecule has 0 aliphatic heterocycles. The van der Waals surface area contributed by atoms with Gasteiger partial charge in [-0.2, -0.15) is 0 Å². The first kappa shape index (κ1) is 17.6. The quantitative estimate of drug-likeness (QED) is 0.782. The van der Waals surface area contributed by atoms with Gasteiger partial charge in [0, 0.05) is 0 Å². The molecule has 3 nitrogen and oxygen atoms in total. The van der Waals surface area contributed by atoms with Gasteiger partial charge in [0.25, 0.3) is 5.91 Å². The van der Waals surface area contributed by atoms with E-state index in [1.165, 1.54) is 0 Å². The van der Waals surface area contributed by atoms with Gasteiger partial charge in [-0.3, -0.25) is 4.79 Å². The second-order valence-corrected chi connectivity index (χ2v) is 6.11. The molecule has 0 aliphatic carbocycles. The third-order valence-electron chi connectivity index (χ3n) is 3.70. The average Bonchev–Trinajstić information content (AvgIpc) is 2.52. The first-order valence-electron chi connectivity index (χ1n) is 7.41. The van der Waals surface area contributed by atoms with Gasteiger partial charge >= 0.3 is 0 Å². The number of amides is 1. The molecule has 0 fully saturated rings. The molecule has 0 heterocycles. The molecule has 0 unspecified atom stereocenters. The molecule has 5 heteroatoms. The van der Waals surface area contributed by atoms with E-state index in [2.05, 4.69) is 5.32 Å². The van der Waals surface area contributed by atoms with Crippen molar-refractivity contribution in [2.45, 2.75) is 33.3 Å². The van der Waals surface area contributed by atoms with Crippen LogP contribution in [-0.2, 0) is 4.79 Å². The van der Waals surface area contributed by atoms with Gasteiger partial charge in [0.1, 0.15) is 5.75 Å². The molecular formula is C18H19Cl2NO2. The van der Waals surface area contributed by atoms with Gasteiger partial charge in [0.2, 0.25) is 0 Å². The van der Waals surface area contributed by atoms with Crippen LogP contribution in [0.4, 0.5) is 5.69 Å². The van der Waals surface area contributed by atoms with Crippen molar-refractivity contribution < 1.29 is 9.53 Å². The van der Waals surface area contributed by atoms with E-state index in [-0.39, 0.29) is 5.91 Å². The highest BCUT2D eigenvalue weighted by molar-refractivity contribution is 6.39. The molecule has 0 saturated heterocycles. The minimum Gasteiger partial charge on any atom is -0.480 e. The number of carbonyl (C=O) groups excluding carboxylic acids is 1. The number of benzene rings is 2. The summed E-state index contributed by atoms with van der Waals surface area (Å²) >= 11 is 12.2. The summed E-state index contributed by atoms with van der Waals surface area (Å²) in [6.45, 7) is 5.87. The lowest BCUT2D eigenvalue weighted by Crippen LogP contribution is -2.32. The van der Waals surface area contributed by atoms with E-state index >= 15 is 0 Å². The predicted octanol–water partition coefficient (Wildman–Crippen LogP) is 5.41. The Bertz CT molecular complexity index is 696. The molecule has 1 N–H and O–H groups in total. The first-order chi connectivity index (χ1) is 10.9. The third-order valence-corrected chi connectivity index (χ3v) is 4.33. The van der Waals surface area contributed by atoms with E-state index in [9.17, 15) is 4.79 Å². The maximum absolute atomic E-state index is 12.5. The lowest BCUT2D eigenvalue weighted by molar-refractivity contribution is -0.122. The van der Waals surface area contributed by atoms with Crippen LogP contribution < -0.4 is 10.1 Å². The van der Waals surface area contributed by atoms with E-state index in [4.69, 9.17) is 27.9 Å². The van der Waals surface area contributed by atoms with Crippen LogP contribution in [0.2, 0.25) is 10.0 Å². The maximum Gasteiger partial charge on any atom is 0.265 e. The highest BCUT2D eigenvalue weighted by atomic mass is 35.5. The Labute approximate surface area is 146 Å². The Morgan fingerprint density at radius 2 is 1.74 bits per heavy atom. The highest BCUT2D eigenvalue weighted by Crippen LogP contribution is 2.30. The molecule has 1 amide bonds. The largest absolute Gasteiger partial charge is 0.480 e. The van der Waals surface area contributed by atoms with Crippen LogP contribution in [0.15, 0.2) is 36.4 Å². The van der Waals surface area contributed by atoms with Gasteiger partial charge in [0.15, 0.2) is 6.10 Å². The fraction of sp³-hybridized carbons (Fsp3) is 0.278. The number of para-hydroxylation sites is 1. The summed E-state index contributed by atoms with van der Waals surface area (Å²) < 4.78 is 5.89. The Kier molecular flexibility index (Phi) is 5.91. The van der Waals surface area contributed by atoms with Crippen LogP contribution in [0, 0.1) is 13.8 Å². The Balaban J connectivity index is 2.17. The van der Waals surface area contributed by atoms with Crippen molar-refractivity contribution >= 4 is 34.8 Å². The third kappa shape index (κ3) is 4.18. The summed E-state index contributed by atoms with van der Waals surface area (Å²) in [7, 11) is 0. The molecule has 2 aromatic carbocycles. The molecule has 0 aliphatic rings. The van der Waals surface area contributed by atoms with Gasteiger partial charge in [-0.05, 0) is 49.6 Å². The van der Waals surface area contributed by atoms with Gasteiger partial charge in [0.05, 0.1) is 15.7 Å². The molecule has 122 valence electrons. The lowest BCUT2D eigenvalue weighted by Gasteiger charge is -2.20. The minimum atomic E-state index is -0.622. The molecule has 0 bridgehead atoms. The number of anilines is 1. The summed E-state index contributed by atoms with van der Waals surface area (Å²) in [5.74, 6) is 0.431. The van der Waals surface area contributed by atoms with Gasteiger partial charge in [-0.15, -0.1) is 0 Å². The van der Waals surface area contributed by atoms with Gasteiger partial charge < -0.3 is 10.1 Å². The predicted molar refractivity (Wildman–Crippen MR) is 95.7 cm³/mol. The van der Waals surface area contributed by atoms with Crippen molar-refractivity contribution in [3.05, 3.63) is 57.6 Å². The van der Waals surface area contributed by atoms with Crippen molar-refractivity contribution in [3.63, 3.8) is 0 Å². The molecule has 0 aromatic heterocycles. The van der Waals surface area contributed by atoms with E-state index in [1.807, 2.05) is 39.0 Å². The number of carbonyl (C=O) groups is 1. The van der Waals surface area contributed by atoms with Crippen LogP contribution in [-0.4, -0.2) is 12.0 Å². The summed E-state index contributed by atoms with van der Waals surface area (Å²) in [6.07, 6.45) is -0.0933. The van der Waals surface area contributed by atoms with Gasteiger partial charge in [-0.25, -0.2) is 0 Å². The summed E-state index contributed by atoms with van der Waals surface area (Å²) in [4.78, 5) is 12.5.